The zero-order valence-corrected chi connectivity index (χ0v) is 14.7. The second-order valence-corrected chi connectivity index (χ2v) is 6.86. The zero-order chi connectivity index (χ0) is 16.9. The molecule has 0 saturated heterocycles. The summed E-state index contributed by atoms with van der Waals surface area (Å²) in [5.74, 6) is 0. The number of aliphatic hydroxyl groups excluding tert-OH is 1. The van der Waals surface area contributed by atoms with Crippen LogP contribution in [0, 0.1) is 0 Å². The fourth-order valence-corrected chi connectivity index (χ4v) is 3.32. The molecule has 1 heterocycles. The molecule has 0 radical (unpaired) electrons. The largest absolute Gasteiger partial charge is 0.387 e. The molecule has 0 aliphatic carbocycles. The second kappa shape index (κ2) is 8.13. The van der Waals surface area contributed by atoms with Gasteiger partial charge in [0, 0.05) is 17.6 Å². The van der Waals surface area contributed by atoms with E-state index in [1.54, 1.807) is 12.1 Å². The van der Waals surface area contributed by atoms with Gasteiger partial charge in [-0.05, 0) is 48.6 Å². The second-order valence-electron chi connectivity index (χ2n) is 6.42. The number of benzene rings is 2. The van der Waals surface area contributed by atoms with Gasteiger partial charge in [0.05, 0.1) is 18.8 Å². The smallest absolute Gasteiger partial charge is 0.0914 e. The minimum Gasteiger partial charge on any atom is -0.387 e. The summed E-state index contributed by atoms with van der Waals surface area (Å²) in [5, 5.41) is 14.4. The summed E-state index contributed by atoms with van der Waals surface area (Å²) in [6, 6.07) is 16.1. The van der Waals surface area contributed by atoms with Crippen molar-refractivity contribution in [3.63, 3.8) is 0 Å². The lowest BCUT2D eigenvalue weighted by molar-refractivity contribution is 0.0296. The summed E-state index contributed by atoms with van der Waals surface area (Å²) in [6.45, 7) is 3.42. The maximum Gasteiger partial charge on any atom is 0.0914 e. The first-order valence-electron chi connectivity index (χ1n) is 8.50. The fourth-order valence-electron chi connectivity index (χ4n) is 3.19. The van der Waals surface area contributed by atoms with Crippen molar-refractivity contribution in [2.45, 2.75) is 38.0 Å². The van der Waals surface area contributed by atoms with Crippen molar-refractivity contribution in [1.82, 2.24) is 5.32 Å². The van der Waals surface area contributed by atoms with Gasteiger partial charge in [-0.15, -0.1) is 0 Å². The van der Waals surface area contributed by atoms with E-state index in [4.69, 9.17) is 16.3 Å². The Balaban J connectivity index is 1.53. The molecule has 0 bridgehead atoms. The summed E-state index contributed by atoms with van der Waals surface area (Å²) >= 11 is 5.88. The first-order valence-corrected chi connectivity index (χ1v) is 8.87. The highest BCUT2D eigenvalue weighted by atomic mass is 35.5. The van der Waals surface area contributed by atoms with Gasteiger partial charge in [-0.3, -0.25) is 0 Å². The van der Waals surface area contributed by atoms with Gasteiger partial charge in [0.1, 0.15) is 0 Å². The molecule has 3 nitrogen and oxygen atoms in total. The normalized spacial score (nSPS) is 19.5. The van der Waals surface area contributed by atoms with Crippen LogP contribution in [0.15, 0.2) is 48.5 Å². The summed E-state index contributed by atoms with van der Waals surface area (Å²) in [5.41, 5.74) is 3.57. The van der Waals surface area contributed by atoms with Crippen LogP contribution in [0.5, 0.6) is 0 Å². The van der Waals surface area contributed by atoms with Gasteiger partial charge in [0.25, 0.3) is 0 Å². The van der Waals surface area contributed by atoms with E-state index in [0.29, 0.717) is 11.6 Å². The molecule has 0 aromatic heterocycles. The lowest BCUT2D eigenvalue weighted by atomic mass is 9.94. The molecule has 0 saturated carbocycles. The number of rotatable bonds is 6. The molecule has 3 unspecified atom stereocenters. The molecule has 24 heavy (non-hydrogen) atoms. The topological polar surface area (TPSA) is 41.5 Å². The predicted octanol–water partition coefficient (Wildman–Crippen LogP) is 4.06. The van der Waals surface area contributed by atoms with Crippen molar-refractivity contribution in [2.24, 2.45) is 0 Å². The SMILES string of the molecule is CC(CC1OCCc2ccccc21)NCC(O)c1ccc(Cl)cc1. The Bertz CT molecular complexity index is 659. The maximum absolute atomic E-state index is 10.3. The predicted molar refractivity (Wildman–Crippen MR) is 97.3 cm³/mol. The van der Waals surface area contributed by atoms with E-state index in [9.17, 15) is 5.11 Å². The van der Waals surface area contributed by atoms with Crippen LogP contribution < -0.4 is 5.32 Å². The molecule has 1 aliphatic rings. The Kier molecular flexibility index (Phi) is 5.90. The third kappa shape index (κ3) is 4.37. The van der Waals surface area contributed by atoms with Crippen molar-refractivity contribution >= 4 is 11.6 Å². The molecule has 3 atom stereocenters. The fraction of sp³-hybridized carbons (Fsp3) is 0.400. The lowest BCUT2D eigenvalue weighted by Crippen LogP contribution is -2.33. The number of nitrogens with one attached hydrogen (secondary N) is 1. The molecule has 0 amide bonds. The highest BCUT2D eigenvalue weighted by Gasteiger charge is 2.22. The monoisotopic (exact) mass is 345 g/mol. The van der Waals surface area contributed by atoms with E-state index in [1.807, 2.05) is 12.1 Å². The first-order chi connectivity index (χ1) is 11.6. The molecule has 2 N–H and O–H groups in total. The van der Waals surface area contributed by atoms with Gasteiger partial charge in [0.2, 0.25) is 0 Å². The standard InChI is InChI=1S/C20H24ClNO2/c1-14(22-13-19(23)16-6-8-17(21)9-7-16)12-20-18-5-3-2-4-15(18)10-11-24-20/h2-9,14,19-20,22-23H,10-13H2,1H3. The van der Waals surface area contributed by atoms with Gasteiger partial charge in [-0.1, -0.05) is 48.0 Å². The Morgan fingerprint density at radius 3 is 2.75 bits per heavy atom. The van der Waals surface area contributed by atoms with Gasteiger partial charge < -0.3 is 15.2 Å². The third-order valence-corrected chi connectivity index (χ3v) is 4.83. The van der Waals surface area contributed by atoms with E-state index in [1.165, 1.54) is 11.1 Å². The van der Waals surface area contributed by atoms with Crippen LogP contribution in [0.1, 0.15) is 42.2 Å². The minimum atomic E-state index is -0.538. The molecule has 2 aromatic carbocycles. The molecular formula is C20H24ClNO2. The highest BCUT2D eigenvalue weighted by Crippen LogP contribution is 2.30. The molecule has 4 heteroatoms. The number of hydrogen-bond donors (Lipinski definition) is 2. The Hall–Kier alpha value is -1.39. The number of aliphatic hydroxyl groups is 1. The Labute approximate surface area is 148 Å². The molecule has 3 rings (SSSR count). The summed E-state index contributed by atoms with van der Waals surface area (Å²) in [4.78, 5) is 0. The quantitative estimate of drug-likeness (QED) is 0.829. The molecular weight excluding hydrogens is 322 g/mol. The molecule has 0 fully saturated rings. The van der Waals surface area contributed by atoms with Crippen LogP contribution in [0.25, 0.3) is 0 Å². The van der Waals surface area contributed by atoms with Gasteiger partial charge in [0.15, 0.2) is 0 Å². The average Bonchev–Trinajstić information content (AvgIpc) is 2.61. The van der Waals surface area contributed by atoms with Crippen molar-refractivity contribution in [1.29, 1.82) is 0 Å². The van der Waals surface area contributed by atoms with Crippen molar-refractivity contribution in [3.05, 3.63) is 70.2 Å². The summed E-state index contributed by atoms with van der Waals surface area (Å²) in [7, 11) is 0. The van der Waals surface area contributed by atoms with Gasteiger partial charge in [-0.2, -0.15) is 0 Å². The molecule has 1 aliphatic heterocycles. The number of halogens is 1. The third-order valence-electron chi connectivity index (χ3n) is 4.57. The summed E-state index contributed by atoms with van der Waals surface area (Å²) < 4.78 is 5.96. The van der Waals surface area contributed by atoms with Gasteiger partial charge in [-0.25, -0.2) is 0 Å². The van der Waals surface area contributed by atoms with Crippen molar-refractivity contribution in [3.8, 4) is 0 Å². The maximum atomic E-state index is 10.3. The van der Waals surface area contributed by atoms with Gasteiger partial charge >= 0.3 is 0 Å². The molecule has 128 valence electrons. The van der Waals surface area contributed by atoms with E-state index in [-0.39, 0.29) is 12.1 Å². The number of hydrogen-bond acceptors (Lipinski definition) is 3. The van der Waals surface area contributed by atoms with Crippen LogP contribution in [-0.2, 0) is 11.2 Å². The van der Waals surface area contributed by atoms with E-state index in [2.05, 4.69) is 36.5 Å². The summed E-state index contributed by atoms with van der Waals surface area (Å²) in [6.07, 6.45) is 1.48. The van der Waals surface area contributed by atoms with Crippen LogP contribution in [0.4, 0.5) is 0 Å². The Morgan fingerprint density at radius 1 is 1.21 bits per heavy atom. The molecule has 2 aromatic rings. The molecule has 0 spiro atoms. The van der Waals surface area contributed by atoms with Crippen LogP contribution in [0.3, 0.4) is 0 Å². The lowest BCUT2D eigenvalue weighted by Gasteiger charge is -2.29. The number of ether oxygens (including phenoxy) is 1. The van der Waals surface area contributed by atoms with Crippen LogP contribution >= 0.6 is 11.6 Å². The zero-order valence-electron chi connectivity index (χ0n) is 13.9. The first kappa shape index (κ1) is 17.4. The van der Waals surface area contributed by atoms with Crippen LogP contribution in [-0.4, -0.2) is 24.3 Å². The average molecular weight is 346 g/mol. The van der Waals surface area contributed by atoms with Crippen molar-refractivity contribution < 1.29 is 9.84 Å². The highest BCUT2D eigenvalue weighted by molar-refractivity contribution is 6.30. The number of fused-ring (bicyclic) bond motifs is 1. The van der Waals surface area contributed by atoms with E-state index < -0.39 is 6.10 Å². The van der Waals surface area contributed by atoms with Crippen LogP contribution in [0.2, 0.25) is 5.02 Å². The Morgan fingerprint density at radius 2 is 1.96 bits per heavy atom. The minimum absolute atomic E-state index is 0.130. The van der Waals surface area contributed by atoms with Crippen molar-refractivity contribution in [2.75, 3.05) is 13.2 Å². The van der Waals surface area contributed by atoms with E-state index >= 15 is 0 Å². The van der Waals surface area contributed by atoms with E-state index in [0.717, 1.165) is 25.0 Å².